The van der Waals surface area contributed by atoms with E-state index in [1.54, 1.807) is 36.4 Å². The molecule has 0 unspecified atom stereocenters. The van der Waals surface area contributed by atoms with Gasteiger partial charge in [0.05, 0.1) is 31.5 Å². The van der Waals surface area contributed by atoms with Crippen molar-refractivity contribution in [2.24, 2.45) is 0 Å². The van der Waals surface area contributed by atoms with Gasteiger partial charge in [-0.2, -0.15) is 0 Å². The summed E-state index contributed by atoms with van der Waals surface area (Å²) in [5.74, 6) is -2.28. The largest absolute Gasteiger partial charge is 0.282 e. The molecule has 2 heterocycles. The van der Waals surface area contributed by atoms with Crippen molar-refractivity contribution >= 4 is 93.6 Å². The molecule has 0 radical (unpaired) electrons. The molecule has 38 heavy (non-hydrogen) atoms. The number of halogens is 4. The predicted molar refractivity (Wildman–Crippen MR) is 147 cm³/mol. The summed E-state index contributed by atoms with van der Waals surface area (Å²) in [7, 11) is 0. The second-order valence-electron chi connectivity index (χ2n) is 8.14. The number of nitrogens with zero attached hydrogens (tertiary/aromatic N) is 2. The summed E-state index contributed by atoms with van der Waals surface area (Å²) < 4.78 is 0. The van der Waals surface area contributed by atoms with E-state index in [-0.39, 0.29) is 21.2 Å². The van der Waals surface area contributed by atoms with Crippen LogP contribution in [0.2, 0.25) is 20.1 Å². The second-order valence-corrected chi connectivity index (χ2v) is 9.77. The zero-order valence-corrected chi connectivity index (χ0v) is 22.0. The average Bonchev–Trinajstić information content (AvgIpc) is 3.33. The number of anilines is 2. The number of hydrogen-bond donors (Lipinski definition) is 2. The summed E-state index contributed by atoms with van der Waals surface area (Å²) >= 11 is 23.9. The molecule has 8 nitrogen and oxygen atoms in total. The minimum absolute atomic E-state index is 0.0789. The van der Waals surface area contributed by atoms with Crippen molar-refractivity contribution in [2.75, 3.05) is 10.0 Å². The molecule has 0 saturated carbocycles. The Morgan fingerprint density at radius 2 is 0.895 bits per heavy atom. The Morgan fingerprint density at radius 3 is 1.24 bits per heavy atom. The number of carbonyl (C=O) groups is 4. The topological polar surface area (TPSA) is 98.8 Å². The molecular formula is C26H14Cl4N4O4. The molecule has 5 rings (SSSR count). The molecule has 12 heteroatoms. The van der Waals surface area contributed by atoms with Gasteiger partial charge in [-0.1, -0.05) is 70.7 Å². The SMILES string of the molecule is O=C1NN(c2ccc(Cl)c(Cl)c2)C(=O)C1=Cc1ccc(C=C2C(=O)NN(c3ccc(Cl)c(Cl)c3)C2=O)cc1. The minimum atomic E-state index is -0.581. The molecule has 0 aliphatic carbocycles. The Kier molecular flexibility index (Phi) is 6.90. The molecule has 2 N–H and O–H groups in total. The van der Waals surface area contributed by atoms with Crippen molar-refractivity contribution in [3.63, 3.8) is 0 Å². The highest BCUT2D eigenvalue weighted by molar-refractivity contribution is 6.43. The molecule has 190 valence electrons. The molecule has 2 saturated heterocycles. The van der Waals surface area contributed by atoms with Gasteiger partial charge in [0.1, 0.15) is 11.1 Å². The van der Waals surface area contributed by atoms with Gasteiger partial charge in [0.2, 0.25) is 0 Å². The van der Waals surface area contributed by atoms with Crippen molar-refractivity contribution in [1.82, 2.24) is 10.9 Å². The molecule has 0 spiro atoms. The fourth-order valence-electron chi connectivity index (χ4n) is 3.75. The van der Waals surface area contributed by atoms with Gasteiger partial charge in [-0.05, 0) is 59.7 Å². The molecule has 0 bridgehead atoms. The maximum absolute atomic E-state index is 12.9. The van der Waals surface area contributed by atoms with E-state index in [2.05, 4.69) is 10.9 Å². The lowest BCUT2D eigenvalue weighted by Crippen LogP contribution is -2.35. The summed E-state index contributed by atoms with van der Waals surface area (Å²) in [5.41, 5.74) is 6.66. The number of rotatable bonds is 4. The van der Waals surface area contributed by atoms with Gasteiger partial charge in [-0.3, -0.25) is 30.0 Å². The van der Waals surface area contributed by atoms with Crippen LogP contribution in [0.25, 0.3) is 12.2 Å². The number of hydrogen-bond acceptors (Lipinski definition) is 4. The van der Waals surface area contributed by atoms with Crippen LogP contribution in [0.1, 0.15) is 11.1 Å². The third-order valence-electron chi connectivity index (χ3n) is 5.66. The van der Waals surface area contributed by atoms with Crippen LogP contribution in [0.4, 0.5) is 11.4 Å². The van der Waals surface area contributed by atoms with Gasteiger partial charge >= 0.3 is 0 Å². The van der Waals surface area contributed by atoms with E-state index in [4.69, 9.17) is 46.4 Å². The van der Waals surface area contributed by atoms with Gasteiger partial charge in [0.15, 0.2) is 0 Å². The first-order chi connectivity index (χ1) is 18.1. The quantitative estimate of drug-likeness (QED) is 0.323. The zero-order valence-electron chi connectivity index (χ0n) is 19.0. The Bertz CT molecular complexity index is 1480. The minimum Gasteiger partial charge on any atom is -0.267 e. The molecule has 4 amide bonds. The summed E-state index contributed by atoms with van der Waals surface area (Å²) in [6, 6.07) is 15.7. The summed E-state index contributed by atoms with van der Waals surface area (Å²) in [4.78, 5) is 50.7. The fraction of sp³-hybridized carbons (Fsp3) is 0. The Hall–Kier alpha value is -3.82. The Balaban J connectivity index is 1.35. The van der Waals surface area contributed by atoms with Gasteiger partial charge in [-0.15, -0.1) is 0 Å². The van der Waals surface area contributed by atoms with Crippen LogP contribution in [-0.2, 0) is 19.2 Å². The van der Waals surface area contributed by atoms with Crippen LogP contribution in [0.15, 0.2) is 71.8 Å². The highest BCUT2D eigenvalue weighted by atomic mass is 35.5. The van der Waals surface area contributed by atoms with Crippen molar-refractivity contribution in [3.8, 4) is 0 Å². The van der Waals surface area contributed by atoms with Crippen LogP contribution in [0, 0.1) is 0 Å². The average molecular weight is 588 g/mol. The van der Waals surface area contributed by atoms with Gasteiger partial charge < -0.3 is 0 Å². The zero-order chi connectivity index (χ0) is 27.1. The normalized spacial score (nSPS) is 17.6. The lowest BCUT2D eigenvalue weighted by atomic mass is 10.1. The van der Waals surface area contributed by atoms with E-state index in [1.807, 2.05) is 0 Å². The van der Waals surface area contributed by atoms with E-state index in [9.17, 15) is 19.2 Å². The molecule has 2 aliphatic heterocycles. The monoisotopic (exact) mass is 586 g/mol. The Labute approximate surface area is 235 Å². The lowest BCUT2D eigenvalue weighted by molar-refractivity contribution is -0.118. The van der Waals surface area contributed by atoms with E-state index < -0.39 is 23.6 Å². The van der Waals surface area contributed by atoms with E-state index in [0.29, 0.717) is 32.5 Å². The van der Waals surface area contributed by atoms with Crippen LogP contribution >= 0.6 is 46.4 Å². The molecule has 3 aromatic carbocycles. The standard InChI is InChI=1S/C26H14Cl4N4O4/c27-19-7-5-15(11-21(19)29)33-25(37)17(23(35)31-33)9-13-1-2-14(4-3-13)10-18-24(36)32-34(26(18)38)16-6-8-20(28)22(30)12-16/h1-12H,(H,31,35)(H,32,36). The molecular weight excluding hydrogens is 574 g/mol. The Morgan fingerprint density at radius 1 is 0.526 bits per heavy atom. The molecule has 0 atom stereocenters. The summed E-state index contributed by atoms with van der Waals surface area (Å²) in [5, 5.41) is 3.28. The third-order valence-corrected chi connectivity index (χ3v) is 7.14. The molecule has 3 aromatic rings. The van der Waals surface area contributed by atoms with Gasteiger partial charge in [0.25, 0.3) is 23.6 Å². The summed E-state index contributed by atoms with van der Waals surface area (Å²) in [6.07, 6.45) is 2.87. The van der Waals surface area contributed by atoms with Crippen LogP contribution < -0.4 is 20.9 Å². The molecule has 2 fully saturated rings. The first kappa shape index (κ1) is 25.8. The highest BCUT2D eigenvalue weighted by Crippen LogP contribution is 2.30. The first-order valence-corrected chi connectivity index (χ1v) is 12.4. The number of hydrazine groups is 2. The fourth-order valence-corrected chi connectivity index (χ4v) is 4.33. The smallest absolute Gasteiger partial charge is 0.267 e. The van der Waals surface area contributed by atoms with E-state index >= 15 is 0 Å². The van der Waals surface area contributed by atoms with E-state index in [1.165, 1.54) is 36.4 Å². The predicted octanol–water partition coefficient (Wildman–Crippen LogP) is 5.22. The molecule has 0 aromatic heterocycles. The number of amides is 4. The lowest BCUT2D eigenvalue weighted by Gasteiger charge is -2.15. The van der Waals surface area contributed by atoms with Crippen molar-refractivity contribution in [3.05, 3.63) is 103 Å². The highest BCUT2D eigenvalue weighted by Gasteiger charge is 2.35. The number of benzene rings is 3. The third kappa shape index (κ3) is 4.87. The summed E-state index contributed by atoms with van der Waals surface area (Å²) in [6.45, 7) is 0. The van der Waals surface area contributed by atoms with Gasteiger partial charge in [-0.25, -0.2) is 10.0 Å². The van der Waals surface area contributed by atoms with Crippen molar-refractivity contribution in [2.45, 2.75) is 0 Å². The van der Waals surface area contributed by atoms with Gasteiger partial charge in [0, 0.05) is 0 Å². The van der Waals surface area contributed by atoms with Crippen LogP contribution in [-0.4, -0.2) is 23.6 Å². The molecule has 2 aliphatic rings. The first-order valence-electron chi connectivity index (χ1n) is 10.9. The number of carbonyl (C=O) groups excluding carboxylic acids is 4. The maximum atomic E-state index is 12.9. The van der Waals surface area contributed by atoms with E-state index in [0.717, 1.165) is 10.0 Å². The van der Waals surface area contributed by atoms with Crippen molar-refractivity contribution in [1.29, 1.82) is 0 Å². The van der Waals surface area contributed by atoms with Crippen LogP contribution in [0.5, 0.6) is 0 Å². The van der Waals surface area contributed by atoms with Crippen molar-refractivity contribution < 1.29 is 19.2 Å². The second kappa shape index (κ2) is 10.2. The number of nitrogens with one attached hydrogen (secondary N) is 2. The van der Waals surface area contributed by atoms with Crippen LogP contribution in [0.3, 0.4) is 0 Å². The maximum Gasteiger partial charge on any atom is 0.282 e.